The standard InChI is InChI=1S/C16H19ClN4O3S/c1-8(2)21-14(23)11-6-5-10(17)7-12(11)19-16(21)25-9(3)13(22)20-15(24)18-4/h5-9H,1-4H3,(H2,18,20,22,24)/t9-/m1/s1. The molecule has 0 fully saturated rings. The van der Waals surface area contributed by atoms with Gasteiger partial charge in [0, 0.05) is 18.1 Å². The molecule has 0 bridgehead atoms. The second kappa shape index (κ2) is 7.88. The first kappa shape index (κ1) is 19.3. The highest BCUT2D eigenvalue weighted by molar-refractivity contribution is 8.00. The number of carbonyl (C=O) groups is 2. The van der Waals surface area contributed by atoms with Crippen molar-refractivity contribution in [2.75, 3.05) is 7.05 Å². The molecule has 0 radical (unpaired) electrons. The third-order valence-corrected chi connectivity index (χ3v) is 4.76. The molecule has 134 valence electrons. The van der Waals surface area contributed by atoms with Gasteiger partial charge in [0.05, 0.1) is 16.2 Å². The fraction of sp³-hybridized carbons (Fsp3) is 0.375. The van der Waals surface area contributed by atoms with E-state index in [1.807, 2.05) is 13.8 Å². The smallest absolute Gasteiger partial charge is 0.321 e. The van der Waals surface area contributed by atoms with Crippen LogP contribution in [0.5, 0.6) is 0 Å². The Balaban J connectivity index is 2.45. The second-order valence-corrected chi connectivity index (χ2v) is 7.40. The number of nitrogens with zero attached hydrogens (tertiary/aromatic N) is 2. The molecule has 1 aromatic carbocycles. The minimum Gasteiger partial charge on any atom is -0.341 e. The fourth-order valence-electron chi connectivity index (χ4n) is 2.18. The number of imide groups is 1. The minimum absolute atomic E-state index is 0.142. The molecule has 2 aromatic rings. The van der Waals surface area contributed by atoms with Gasteiger partial charge in [-0.25, -0.2) is 9.78 Å². The van der Waals surface area contributed by atoms with Crippen LogP contribution >= 0.6 is 23.4 Å². The maximum absolute atomic E-state index is 12.8. The van der Waals surface area contributed by atoms with Crippen molar-refractivity contribution >= 4 is 46.2 Å². The lowest BCUT2D eigenvalue weighted by Gasteiger charge is -2.18. The van der Waals surface area contributed by atoms with Gasteiger partial charge in [-0.1, -0.05) is 23.4 Å². The molecule has 0 aliphatic carbocycles. The molecule has 9 heteroatoms. The number of benzene rings is 1. The van der Waals surface area contributed by atoms with Gasteiger partial charge in [0.25, 0.3) is 5.56 Å². The topological polar surface area (TPSA) is 93.1 Å². The molecule has 1 aromatic heterocycles. The lowest BCUT2D eigenvalue weighted by Crippen LogP contribution is -2.41. The normalized spacial score (nSPS) is 12.2. The number of fused-ring (bicyclic) bond motifs is 1. The van der Waals surface area contributed by atoms with Gasteiger partial charge in [0.1, 0.15) is 0 Å². The summed E-state index contributed by atoms with van der Waals surface area (Å²) in [6.07, 6.45) is 0. The molecular formula is C16H19ClN4O3S. The molecule has 0 aliphatic rings. The lowest BCUT2D eigenvalue weighted by atomic mass is 10.2. The van der Waals surface area contributed by atoms with Gasteiger partial charge in [-0.15, -0.1) is 0 Å². The first-order chi connectivity index (χ1) is 11.7. The zero-order valence-electron chi connectivity index (χ0n) is 14.3. The monoisotopic (exact) mass is 382 g/mol. The number of carbonyl (C=O) groups excluding carboxylic acids is 2. The predicted molar refractivity (Wildman–Crippen MR) is 99.3 cm³/mol. The number of rotatable bonds is 4. The van der Waals surface area contributed by atoms with E-state index in [-0.39, 0.29) is 11.6 Å². The Morgan fingerprint density at radius 2 is 1.96 bits per heavy atom. The highest BCUT2D eigenvalue weighted by Crippen LogP contribution is 2.25. The van der Waals surface area contributed by atoms with Gasteiger partial charge in [-0.2, -0.15) is 0 Å². The van der Waals surface area contributed by atoms with Gasteiger partial charge in [-0.05, 0) is 39.0 Å². The van der Waals surface area contributed by atoms with Crippen molar-refractivity contribution in [2.45, 2.75) is 37.2 Å². The molecule has 1 heterocycles. The molecule has 1 atom stereocenters. The minimum atomic E-state index is -0.620. The van der Waals surface area contributed by atoms with E-state index in [0.717, 1.165) is 11.8 Å². The summed E-state index contributed by atoms with van der Waals surface area (Å²) in [6, 6.07) is 4.17. The van der Waals surface area contributed by atoms with Crippen LogP contribution < -0.4 is 16.2 Å². The summed E-state index contributed by atoms with van der Waals surface area (Å²) in [5.41, 5.74) is 0.272. The Hall–Kier alpha value is -2.06. The molecule has 2 N–H and O–H groups in total. The summed E-state index contributed by atoms with van der Waals surface area (Å²) < 4.78 is 1.53. The number of hydrogen-bond acceptors (Lipinski definition) is 5. The van der Waals surface area contributed by atoms with E-state index >= 15 is 0 Å². The summed E-state index contributed by atoms with van der Waals surface area (Å²) in [5, 5.41) is 5.25. The Bertz CT molecular complexity index is 882. The first-order valence-corrected chi connectivity index (χ1v) is 8.91. The van der Waals surface area contributed by atoms with Crippen LogP contribution in [-0.2, 0) is 4.79 Å². The van der Waals surface area contributed by atoms with Gasteiger partial charge >= 0.3 is 6.03 Å². The number of aromatic nitrogens is 2. The average Bonchev–Trinajstić information content (AvgIpc) is 2.53. The van der Waals surface area contributed by atoms with Gasteiger partial charge < -0.3 is 5.32 Å². The lowest BCUT2D eigenvalue weighted by molar-refractivity contribution is -0.119. The van der Waals surface area contributed by atoms with E-state index in [2.05, 4.69) is 15.6 Å². The SMILES string of the molecule is CNC(=O)NC(=O)[C@@H](C)Sc1nc2cc(Cl)ccc2c(=O)n1C(C)C. The molecule has 0 saturated heterocycles. The van der Waals surface area contributed by atoms with E-state index in [1.54, 1.807) is 25.1 Å². The highest BCUT2D eigenvalue weighted by atomic mass is 35.5. The van der Waals surface area contributed by atoms with Crippen molar-refractivity contribution in [3.8, 4) is 0 Å². The fourth-order valence-corrected chi connectivity index (χ4v) is 3.38. The third-order valence-electron chi connectivity index (χ3n) is 3.46. The summed E-state index contributed by atoms with van der Waals surface area (Å²) in [7, 11) is 1.42. The Morgan fingerprint density at radius 3 is 2.56 bits per heavy atom. The van der Waals surface area contributed by atoms with Crippen molar-refractivity contribution in [3.63, 3.8) is 0 Å². The Kier molecular flexibility index (Phi) is 6.07. The molecular weight excluding hydrogens is 364 g/mol. The van der Waals surface area contributed by atoms with Gasteiger partial charge in [-0.3, -0.25) is 19.5 Å². The van der Waals surface area contributed by atoms with Crippen LogP contribution in [0.3, 0.4) is 0 Å². The Morgan fingerprint density at radius 1 is 1.28 bits per heavy atom. The molecule has 0 unspecified atom stereocenters. The first-order valence-electron chi connectivity index (χ1n) is 7.65. The van der Waals surface area contributed by atoms with Crippen LogP contribution in [-0.4, -0.2) is 33.8 Å². The van der Waals surface area contributed by atoms with E-state index in [1.165, 1.54) is 11.6 Å². The highest BCUT2D eigenvalue weighted by Gasteiger charge is 2.21. The summed E-state index contributed by atoms with van der Waals surface area (Å²) in [5.74, 6) is -0.472. The van der Waals surface area contributed by atoms with Crippen molar-refractivity contribution in [1.29, 1.82) is 0 Å². The molecule has 25 heavy (non-hydrogen) atoms. The van der Waals surface area contributed by atoms with Crippen molar-refractivity contribution in [1.82, 2.24) is 20.2 Å². The van der Waals surface area contributed by atoms with E-state index in [0.29, 0.717) is 21.1 Å². The number of thioether (sulfide) groups is 1. The van der Waals surface area contributed by atoms with Crippen LogP contribution in [0.2, 0.25) is 5.02 Å². The molecule has 7 nitrogen and oxygen atoms in total. The van der Waals surface area contributed by atoms with E-state index in [4.69, 9.17) is 11.6 Å². The zero-order valence-corrected chi connectivity index (χ0v) is 15.9. The largest absolute Gasteiger partial charge is 0.341 e. The number of urea groups is 1. The van der Waals surface area contributed by atoms with Crippen molar-refractivity contribution in [2.24, 2.45) is 0 Å². The number of hydrogen-bond donors (Lipinski definition) is 2. The summed E-state index contributed by atoms with van der Waals surface area (Å²) in [4.78, 5) is 40.6. The summed E-state index contributed by atoms with van der Waals surface area (Å²) >= 11 is 7.10. The van der Waals surface area contributed by atoms with E-state index in [9.17, 15) is 14.4 Å². The van der Waals surface area contributed by atoms with Crippen molar-refractivity contribution in [3.05, 3.63) is 33.6 Å². The maximum atomic E-state index is 12.8. The molecule has 2 rings (SSSR count). The molecule has 0 saturated carbocycles. The second-order valence-electron chi connectivity index (χ2n) is 5.65. The van der Waals surface area contributed by atoms with Crippen molar-refractivity contribution < 1.29 is 9.59 Å². The van der Waals surface area contributed by atoms with Crippen LogP contribution in [0.25, 0.3) is 10.9 Å². The van der Waals surface area contributed by atoms with Gasteiger partial charge in [0.2, 0.25) is 5.91 Å². The van der Waals surface area contributed by atoms with Crippen LogP contribution in [0.4, 0.5) is 4.79 Å². The number of nitrogens with one attached hydrogen (secondary N) is 2. The Labute approximate surface area is 154 Å². The zero-order chi connectivity index (χ0) is 18.7. The van der Waals surface area contributed by atoms with Gasteiger partial charge in [0.15, 0.2) is 5.16 Å². The van der Waals surface area contributed by atoms with Crippen LogP contribution in [0, 0.1) is 0 Å². The number of halogens is 1. The maximum Gasteiger partial charge on any atom is 0.321 e. The molecule has 0 aliphatic heterocycles. The molecule has 3 amide bonds. The summed E-state index contributed by atoms with van der Waals surface area (Å²) in [6.45, 7) is 5.37. The number of amides is 3. The predicted octanol–water partition coefficient (Wildman–Crippen LogP) is 2.57. The quantitative estimate of drug-likeness (QED) is 0.626. The van der Waals surface area contributed by atoms with E-state index < -0.39 is 17.2 Å². The van der Waals surface area contributed by atoms with Crippen LogP contribution in [0.15, 0.2) is 28.2 Å². The molecule has 0 spiro atoms. The van der Waals surface area contributed by atoms with Crippen LogP contribution in [0.1, 0.15) is 26.8 Å². The average molecular weight is 383 g/mol. The third kappa shape index (κ3) is 4.32.